The van der Waals surface area contributed by atoms with E-state index < -0.39 is 0 Å². The van der Waals surface area contributed by atoms with Gasteiger partial charge in [0.1, 0.15) is 5.76 Å². The molecule has 3 rings (SSSR count). The molecule has 2 N–H and O–H groups in total. The topological polar surface area (TPSA) is 42.4 Å². The van der Waals surface area contributed by atoms with Crippen molar-refractivity contribution in [2.75, 3.05) is 13.1 Å². The molecule has 1 aromatic heterocycles. The summed E-state index contributed by atoms with van der Waals surface area (Å²) in [6.45, 7) is 4.26. The first-order chi connectivity index (χ1) is 9.85. The Morgan fingerprint density at radius 1 is 1.25 bits per heavy atom. The third-order valence-corrected chi connectivity index (χ3v) is 5.38. The van der Waals surface area contributed by atoms with Crippen LogP contribution in [0, 0.1) is 5.92 Å². The van der Waals surface area contributed by atoms with Crippen molar-refractivity contribution in [2.45, 2.75) is 64.0 Å². The maximum Gasteiger partial charge on any atom is 0.108 e. The SMILES string of the molecule is CCN(C1CCCc2occc21)C1CCCCC1CN. The Labute approximate surface area is 122 Å². The maximum absolute atomic E-state index is 6.05. The van der Waals surface area contributed by atoms with Crippen molar-refractivity contribution in [3.8, 4) is 0 Å². The molecule has 3 unspecified atom stereocenters. The lowest BCUT2D eigenvalue weighted by Crippen LogP contribution is -2.47. The molecule has 3 heteroatoms. The van der Waals surface area contributed by atoms with E-state index in [-0.39, 0.29) is 0 Å². The van der Waals surface area contributed by atoms with Crippen molar-refractivity contribution in [1.29, 1.82) is 0 Å². The van der Waals surface area contributed by atoms with Crippen LogP contribution in [0.2, 0.25) is 0 Å². The molecule has 20 heavy (non-hydrogen) atoms. The van der Waals surface area contributed by atoms with Crippen LogP contribution >= 0.6 is 0 Å². The molecule has 0 aromatic carbocycles. The second kappa shape index (κ2) is 6.31. The minimum absolute atomic E-state index is 0.555. The molecule has 2 aliphatic carbocycles. The number of hydrogen-bond donors (Lipinski definition) is 1. The Kier molecular flexibility index (Phi) is 4.47. The second-order valence-electron chi connectivity index (χ2n) is 6.39. The zero-order chi connectivity index (χ0) is 13.9. The molecule has 2 aliphatic rings. The van der Waals surface area contributed by atoms with Crippen LogP contribution in [0.5, 0.6) is 0 Å². The highest BCUT2D eigenvalue weighted by Gasteiger charge is 2.35. The van der Waals surface area contributed by atoms with Crippen LogP contribution < -0.4 is 5.73 Å². The molecule has 1 heterocycles. The van der Waals surface area contributed by atoms with E-state index in [2.05, 4.69) is 17.9 Å². The summed E-state index contributed by atoms with van der Waals surface area (Å²) < 4.78 is 5.67. The van der Waals surface area contributed by atoms with Crippen molar-refractivity contribution >= 4 is 0 Å². The molecule has 112 valence electrons. The first kappa shape index (κ1) is 14.2. The number of aryl methyl sites for hydroxylation is 1. The summed E-state index contributed by atoms with van der Waals surface area (Å²) in [6.07, 6.45) is 10.9. The highest BCUT2D eigenvalue weighted by Crippen LogP contribution is 2.39. The van der Waals surface area contributed by atoms with Crippen LogP contribution in [0.25, 0.3) is 0 Å². The molecule has 1 aromatic rings. The second-order valence-corrected chi connectivity index (χ2v) is 6.39. The van der Waals surface area contributed by atoms with Crippen molar-refractivity contribution < 1.29 is 4.42 Å². The molecule has 0 radical (unpaired) electrons. The molecule has 1 fully saturated rings. The van der Waals surface area contributed by atoms with Gasteiger partial charge in [0.2, 0.25) is 0 Å². The van der Waals surface area contributed by atoms with Gasteiger partial charge in [-0.3, -0.25) is 4.90 Å². The average molecular weight is 276 g/mol. The molecule has 3 atom stereocenters. The Balaban J connectivity index is 1.83. The minimum atomic E-state index is 0.555. The predicted octanol–water partition coefficient (Wildman–Crippen LogP) is 3.50. The number of hydrogen-bond acceptors (Lipinski definition) is 3. The van der Waals surface area contributed by atoms with Crippen molar-refractivity contribution in [1.82, 2.24) is 4.90 Å². The summed E-state index contributed by atoms with van der Waals surface area (Å²) in [5.41, 5.74) is 7.49. The Hall–Kier alpha value is -0.800. The molecule has 0 amide bonds. The van der Waals surface area contributed by atoms with Crippen LogP contribution in [0.3, 0.4) is 0 Å². The number of nitrogens with zero attached hydrogens (tertiary/aromatic N) is 1. The van der Waals surface area contributed by atoms with Crippen LogP contribution in [0.4, 0.5) is 0 Å². The summed E-state index contributed by atoms with van der Waals surface area (Å²) in [6, 6.07) is 3.42. The van der Waals surface area contributed by atoms with Gasteiger partial charge < -0.3 is 10.2 Å². The van der Waals surface area contributed by atoms with E-state index in [1.54, 1.807) is 0 Å². The predicted molar refractivity (Wildman–Crippen MR) is 81.6 cm³/mol. The van der Waals surface area contributed by atoms with E-state index in [1.165, 1.54) is 49.8 Å². The van der Waals surface area contributed by atoms with Crippen LogP contribution in [-0.2, 0) is 6.42 Å². The highest BCUT2D eigenvalue weighted by molar-refractivity contribution is 5.24. The number of rotatable bonds is 4. The van der Waals surface area contributed by atoms with E-state index >= 15 is 0 Å². The zero-order valence-corrected chi connectivity index (χ0v) is 12.7. The third-order valence-electron chi connectivity index (χ3n) is 5.38. The molecular formula is C17H28N2O. The molecule has 1 saturated carbocycles. The standard InChI is InChI=1S/C17H28N2O/c1-2-19(15-7-4-3-6-13(15)12-18)16-8-5-9-17-14(16)10-11-20-17/h10-11,13,15-16H,2-9,12,18H2,1H3. The Morgan fingerprint density at radius 3 is 2.90 bits per heavy atom. The van der Waals surface area contributed by atoms with Crippen LogP contribution in [0.15, 0.2) is 16.7 Å². The summed E-state index contributed by atoms with van der Waals surface area (Å²) >= 11 is 0. The summed E-state index contributed by atoms with van der Waals surface area (Å²) in [4.78, 5) is 2.73. The van der Waals surface area contributed by atoms with E-state index in [1.807, 2.05) is 6.26 Å². The van der Waals surface area contributed by atoms with Crippen LogP contribution in [0.1, 0.15) is 62.8 Å². The van der Waals surface area contributed by atoms with Gasteiger partial charge in [0, 0.05) is 24.1 Å². The first-order valence-electron chi connectivity index (χ1n) is 8.37. The van der Waals surface area contributed by atoms with E-state index in [9.17, 15) is 0 Å². The Bertz CT molecular complexity index is 428. The fourth-order valence-corrected chi connectivity index (χ4v) is 4.39. The van der Waals surface area contributed by atoms with Gasteiger partial charge in [0.25, 0.3) is 0 Å². The lowest BCUT2D eigenvalue weighted by atomic mass is 9.81. The smallest absolute Gasteiger partial charge is 0.108 e. The molecular weight excluding hydrogens is 248 g/mol. The van der Waals surface area contributed by atoms with Gasteiger partial charge in [-0.1, -0.05) is 19.8 Å². The summed E-state index contributed by atoms with van der Waals surface area (Å²) in [7, 11) is 0. The zero-order valence-electron chi connectivity index (χ0n) is 12.7. The van der Waals surface area contributed by atoms with E-state index in [0.717, 1.165) is 19.5 Å². The minimum Gasteiger partial charge on any atom is -0.469 e. The van der Waals surface area contributed by atoms with Crippen molar-refractivity contribution in [3.05, 3.63) is 23.7 Å². The monoisotopic (exact) mass is 276 g/mol. The number of nitrogens with two attached hydrogens (primary N) is 1. The molecule has 0 saturated heterocycles. The van der Waals surface area contributed by atoms with Gasteiger partial charge in [-0.2, -0.15) is 0 Å². The fraction of sp³-hybridized carbons (Fsp3) is 0.765. The normalized spacial score (nSPS) is 30.4. The fourth-order valence-electron chi connectivity index (χ4n) is 4.39. The van der Waals surface area contributed by atoms with Crippen LogP contribution in [-0.4, -0.2) is 24.0 Å². The summed E-state index contributed by atoms with van der Waals surface area (Å²) in [5.74, 6) is 1.90. The first-order valence-corrected chi connectivity index (χ1v) is 8.37. The molecule has 0 aliphatic heterocycles. The van der Waals surface area contributed by atoms with Gasteiger partial charge in [-0.05, 0) is 50.8 Å². The Morgan fingerprint density at radius 2 is 2.10 bits per heavy atom. The largest absolute Gasteiger partial charge is 0.469 e. The van der Waals surface area contributed by atoms with Gasteiger partial charge in [-0.15, -0.1) is 0 Å². The van der Waals surface area contributed by atoms with Gasteiger partial charge in [-0.25, -0.2) is 0 Å². The molecule has 0 bridgehead atoms. The lowest BCUT2D eigenvalue weighted by molar-refractivity contribution is 0.0609. The lowest BCUT2D eigenvalue weighted by Gasteiger charge is -2.44. The van der Waals surface area contributed by atoms with Gasteiger partial charge in [0.15, 0.2) is 0 Å². The van der Waals surface area contributed by atoms with Crippen molar-refractivity contribution in [2.24, 2.45) is 11.7 Å². The third kappa shape index (κ3) is 2.53. The number of furan rings is 1. The van der Waals surface area contributed by atoms with Gasteiger partial charge >= 0.3 is 0 Å². The highest BCUT2D eigenvalue weighted by atomic mass is 16.3. The average Bonchev–Trinajstić information content (AvgIpc) is 2.98. The molecule has 0 spiro atoms. The van der Waals surface area contributed by atoms with E-state index in [4.69, 9.17) is 10.2 Å². The van der Waals surface area contributed by atoms with Gasteiger partial charge in [0.05, 0.1) is 6.26 Å². The summed E-state index contributed by atoms with van der Waals surface area (Å²) in [5, 5.41) is 0. The van der Waals surface area contributed by atoms with Crippen molar-refractivity contribution in [3.63, 3.8) is 0 Å². The molecule has 3 nitrogen and oxygen atoms in total. The van der Waals surface area contributed by atoms with E-state index in [0.29, 0.717) is 18.0 Å². The quantitative estimate of drug-likeness (QED) is 0.915. The maximum atomic E-state index is 6.05. The number of fused-ring (bicyclic) bond motifs is 1.